The molecule has 0 saturated heterocycles. The van der Waals surface area contributed by atoms with E-state index in [1.807, 2.05) is 6.92 Å². The lowest BCUT2D eigenvalue weighted by atomic mass is 10.4. The van der Waals surface area contributed by atoms with Crippen LogP contribution in [0.1, 0.15) is 13.3 Å². The van der Waals surface area contributed by atoms with Crippen molar-refractivity contribution in [3.63, 3.8) is 0 Å². The van der Waals surface area contributed by atoms with Crippen LogP contribution in [-0.2, 0) is 14.8 Å². The molecule has 18 heavy (non-hydrogen) atoms. The third kappa shape index (κ3) is 2.99. The van der Waals surface area contributed by atoms with Crippen LogP contribution < -0.4 is 11.1 Å². The molecule has 0 unspecified atom stereocenters. The lowest BCUT2D eigenvalue weighted by Crippen LogP contribution is -2.40. The zero-order valence-corrected chi connectivity index (χ0v) is 11.1. The van der Waals surface area contributed by atoms with Crippen molar-refractivity contribution in [2.75, 3.05) is 25.9 Å². The smallest absolute Gasteiger partial charge is 0.248 e. The fourth-order valence-corrected chi connectivity index (χ4v) is 2.90. The van der Waals surface area contributed by atoms with Crippen LogP contribution in [0.3, 0.4) is 0 Å². The molecule has 0 spiro atoms. The molecule has 1 heterocycles. The summed E-state index contributed by atoms with van der Waals surface area (Å²) < 4.78 is 25.6. The first-order valence-corrected chi connectivity index (χ1v) is 6.87. The second-order valence-electron chi connectivity index (χ2n) is 3.66. The van der Waals surface area contributed by atoms with E-state index in [2.05, 4.69) is 15.5 Å². The summed E-state index contributed by atoms with van der Waals surface area (Å²) in [6, 6.07) is 0. The van der Waals surface area contributed by atoms with E-state index in [-0.39, 0.29) is 29.7 Å². The van der Waals surface area contributed by atoms with Gasteiger partial charge in [-0.05, 0) is 6.42 Å². The molecule has 1 aromatic heterocycles. The third-order valence-electron chi connectivity index (χ3n) is 2.32. The Labute approximate surface area is 106 Å². The number of aromatic amines is 1. The number of hydrogen-bond acceptors (Lipinski definition) is 5. The topological polar surface area (TPSA) is 121 Å². The Bertz CT molecular complexity index is 510. The molecule has 0 aliphatic carbocycles. The predicted octanol–water partition coefficient (Wildman–Crippen LogP) is -0.861. The van der Waals surface area contributed by atoms with Gasteiger partial charge in [0.2, 0.25) is 15.9 Å². The SMILES string of the molecule is CCCN(CC(=O)NC)S(=O)(=O)c1cn[nH]c1N. The summed E-state index contributed by atoms with van der Waals surface area (Å²) in [7, 11) is -2.35. The summed E-state index contributed by atoms with van der Waals surface area (Å²) in [5.41, 5.74) is 5.50. The number of nitrogens with two attached hydrogens (primary N) is 1. The van der Waals surface area contributed by atoms with Gasteiger partial charge in [0.25, 0.3) is 0 Å². The van der Waals surface area contributed by atoms with Crippen molar-refractivity contribution < 1.29 is 13.2 Å². The highest BCUT2D eigenvalue weighted by molar-refractivity contribution is 7.89. The highest BCUT2D eigenvalue weighted by atomic mass is 32.2. The zero-order chi connectivity index (χ0) is 13.8. The number of rotatable bonds is 6. The van der Waals surface area contributed by atoms with Gasteiger partial charge >= 0.3 is 0 Å². The normalized spacial score (nSPS) is 11.7. The number of nitrogen functional groups attached to an aromatic ring is 1. The van der Waals surface area contributed by atoms with Gasteiger partial charge < -0.3 is 11.1 Å². The highest BCUT2D eigenvalue weighted by Gasteiger charge is 2.28. The number of carbonyl (C=O) groups excluding carboxylic acids is 1. The minimum absolute atomic E-state index is 0.0343. The molecule has 0 aliphatic heterocycles. The zero-order valence-electron chi connectivity index (χ0n) is 10.3. The van der Waals surface area contributed by atoms with E-state index in [0.717, 1.165) is 10.5 Å². The summed E-state index contributed by atoms with van der Waals surface area (Å²) in [6.45, 7) is 1.82. The standard InChI is InChI=1S/C9H17N5O3S/c1-3-4-14(6-8(15)11-2)18(16,17)7-5-12-13-9(7)10/h5H,3-4,6H2,1-2H3,(H,11,15)(H3,10,12,13). The minimum atomic E-state index is -3.80. The molecule has 0 aliphatic rings. The summed E-state index contributed by atoms with van der Waals surface area (Å²) in [6.07, 6.45) is 1.73. The first kappa shape index (κ1) is 14.5. The molecule has 9 heteroatoms. The van der Waals surface area contributed by atoms with Crippen LogP contribution >= 0.6 is 0 Å². The van der Waals surface area contributed by atoms with Crippen molar-refractivity contribution in [3.8, 4) is 0 Å². The number of likely N-dealkylation sites (N-methyl/N-ethyl adjacent to an activating group) is 1. The Morgan fingerprint density at radius 3 is 2.72 bits per heavy atom. The van der Waals surface area contributed by atoms with E-state index < -0.39 is 10.0 Å². The lowest BCUT2D eigenvalue weighted by molar-refractivity contribution is -0.120. The van der Waals surface area contributed by atoms with E-state index in [0.29, 0.717) is 6.42 Å². The largest absolute Gasteiger partial charge is 0.383 e. The van der Waals surface area contributed by atoms with Crippen LogP contribution in [0.4, 0.5) is 5.82 Å². The minimum Gasteiger partial charge on any atom is -0.383 e. The molecule has 0 fully saturated rings. The second kappa shape index (κ2) is 5.83. The average molecular weight is 275 g/mol. The number of anilines is 1. The summed E-state index contributed by atoms with van der Waals surface area (Å²) in [4.78, 5) is 11.2. The Hall–Kier alpha value is -1.61. The van der Waals surface area contributed by atoms with Crippen molar-refractivity contribution in [1.29, 1.82) is 0 Å². The molecule has 0 aromatic carbocycles. The second-order valence-corrected chi connectivity index (χ2v) is 5.57. The average Bonchev–Trinajstić information content (AvgIpc) is 2.75. The highest BCUT2D eigenvalue weighted by Crippen LogP contribution is 2.19. The number of carbonyl (C=O) groups is 1. The maximum absolute atomic E-state index is 12.3. The van der Waals surface area contributed by atoms with Crippen LogP contribution in [0.5, 0.6) is 0 Å². The van der Waals surface area contributed by atoms with Crippen molar-refractivity contribution in [1.82, 2.24) is 19.8 Å². The molecule has 4 N–H and O–H groups in total. The van der Waals surface area contributed by atoms with Gasteiger partial charge in [0.15, 0.2) is 0 Å². The Morgan fingerprint density at radius 2 is 2.28 bits per heavy atom. The number of nitrogens with one attached hydrogen (secondary N) is 2. The van der Waals surface area contributed by atoms with E-state index in [9.17, 15) is 13.2 Å². The number of aromatic nitrogens is 2. The van der Waals surface area contributed by atoms with Gasteiger partial charge in [0.05, 0.1) is 12.7 Å². The molecule has 0 saturated carbocycles. The number of hydrogen-bond donors (Lipinski definition) is 3. The molecule has 1 rings (SSSR count). The van der Waals surface area contributed by atoms with Crippen LogP contribution in [0.2, 0.25) is 0 Å². The molecular weight excluding hydrogens is 258 g/mol. The number of H-pyrrole nitrogens is 1. The number of amides is 1. The summed E-state index contributed by atoms with van der Waals surface area (Å²) in [5.74, 6) is -0.415. The Kier molecular flexibility index (Phi) is 4.68. The predicted molar refractivity (Wildman–Crippen MR) is 66.1 cm³/mol. The van der Waals surface area contributed by atoms with E-state index in [1.165, 1.54) is 7.05 Å². The Morgan fingerprint density at radius 1 is 1.61 bits per heavy atom. The molecule has 1 aromatic rings. The van der Waals surface area contributed by atoms with Crippen LogP contribution in [0, 0.1) is 0 Å². The molecule has 0 radical (unpaired) electrons. The Balaban J connectivity index is 3.05. The van der Waals surface area contributed by atoms with Crippen molar-refractivity contribution >= 4 is 21.7 Å². The van der Waals surface area contributed by atoms with Crippen molar-refractivity contribution in [2.45, 2.75) is 18.2 Å². The summed E-state index contributed by atoms with van der Waals surface area (Å²) in [5, 5.41) is 8.32. The van der Waals surface area contributed by atoms with Gasteiger partial charge in [0, 0.05) is 13.6 Å². The molecule has 102 valence electrons. The molecule has 1 amide bonds. The lowest BCUT2D eigenvalue weighted by Gasteiger charge is -2.20. The monoisotopic (exact) mass is 275 g/mol. The first-order chi connectivity index (χ1) is 8.43. The van der Waals surface area contributed by atoms with E-state index in [1.54, 1.807) is 0 Å². The van der Waals surface area contributed by atoms with Gasteiger partial charge in [0.1, 0.15) is 10.7 Å². The van der Waals surface area contributed by atoms with Crippen molar-refractivity contribution in [3.05, 3.63) is 6.20 Å². The molecule has 0 atom stereocenters. The molecule has 8 nitrogen and oxygen atoms in total. The first-order valence-electron chi connectivity index (χ1n) is 5.43. The van der Waals surface area contributed by atoms with Gasteiger partial charge in [-0.3, -0.25) is 9.89 Å². The third-order valence-corrected chi connectivity index (χ3v) is 4.19. The number of sulfonamides is 1. The molecule has 0 bridgehead atoms. The van der Waals surface area contributed by atoms with Gasteiger partial charge in [-0.15, -0.1) is 0 Å². The fraction of sp³-hybridized carbons (Fsp3) is 0.556. The van der Waals surface area contributed by atoms with Gasteiger partial charge in [-0.1, -0.05) is 6.92 Å². The molecular formula is C9H17N5O3S. The van der Waals surface area contributed by atoms with Crippen LogP contribution in [0.15, 0.2) is 11.1 Å². The fourth-order valence-electron chi connectivity index (χ4n) is 1.40. The van der Waals surface area contributed by atoms with E-state index >= 15 is 0 Å². The maximum atomic E-state index is 12.3. The quantitative estimate of drug-likeness (QED) is 0.623. The van der Waals surface area contributed by atoms with Gasteiger partial charge in [-0.25, -0.2) is 8.42 Å². The number of nitrogens with zero attached hydrogens (tertiary/aromatic N) is 2. The van der Waals surface area contributed by atoms with Crippen LogP contribution in [0.25, 0.3) is 0 Å². The summed E-state index contributed by atoms with van der Waals surface area (Å²) >= 11 is 0. The van der Waals surface area contributed by atoms with E-state index in [4.69, 9.17) is 5.73 Å². The van der Waals surface area contributed by atoms with Gasteiger partial charge in [-0.2, -0.15) is 9.40 Å². The van der Waals surface area contributed by atoms with Crippen molar-refractivity contribution in [2.24, 2.45) is 0 Å². The maximum Gasteiger partial charge on any atom is 0.248 e. The van der Waals surface area contributed by atoms with Crippen LogP contribution in [-0.4, -0.2) is 49.0 Å².